The van der Waals surface area contributed by atoms with Gasteiger partial charge in [0.05, 0.1) is 12.2 Å². The molecule has 0 aromatic heterocycles. The van der Waals surface area contributed by atoms with Crippen LogP contribution in [0.1, 0.15) is 29.3 Å². The molecule has 0 aliphatic heterocycles. The van der Waals surface area contributed by atoms with Gasteiger partial charge in [-0.1, -0.05) is 24.0 Å². The monoisotopic (exact) mass is 299 g/mol. The Morgan fingerprint density at radius 2 is 2.00 bits per heavy atom. The average molecular weight is 299 g/mol. The second-order valence-electron chi connectivity index (χ2n) is 4.26. The summed E-state index contributed by atoms with van der Waals surface area (Å²) in [5.41, 5.74) is 0.491. The fourth-order valence-corrected chi connectivity index (χ4v) is 1.71. The van der Waals surface area contributed by atoms with Crippen molar-refractivity contribution in [3.63, 3.8) is 0 Å². The number of rotatable bonds is 4. The smallest absolute Gasteiger partial charge is 0.395 e. The summed E-state index contributed by atoms with van der Waals surface area (Å²) < 4.78 is 37.4. The standard InChI is InChI=1S/C15H16F3NO2/c1-2-19(11-15(16,17)18)14(21)13-9-4-3-7-12(13)8-5-6-10-20/h3-4,7,9,20H,2,6,10-11H2,1H3. The molecule has 0 unspecified atom stereocenters. The summed E-state index contributed by atoms with van der Waals surface area (Å²) in [5.74, 6) is 4.65. The first-order chi connectivity index (χ1) is 9.89. The maximum atomic E-state index is 12.5. The molecular weight excluding hydrogens is 283 g/mol. The zero-order valence-corrected chi connectivity index (χ0v) is 11.6. The summed E-state index contributed by atoms with van der Waals surface area (Å²) in [6.45, 7) is 0.0411. The van der Waals surface area contributed by atoms with Crippen LogP contribution in [0, 0.1) is 11.8 Å². The van der Waals surface area contributed by atoms with Gasteiger partial charge in [0, 0.05) is 18.5 Å². The van der Waals surface area contributed by atoms with E-state index < -0.39 is 18.6 Å². The van der Waals surface area contributed by atoms with Gasteiger partial charge in [-0.2, -0.15) is 13.2 Å². The Kier molecular flexibility index (Phi) is 6.25. The van der Waals surface area contributed by atoms with E-state index in [4.69, 9.17) is 5.11 Å². The lowest BCUT2D eigenvalue weighted by atomic mass is 10.1. The van der Waals surface area contributed by atoms with Gasteiger partial charge in [0.15, 0.2) is 0 Å². The molecule has 21 heavy (non-hydrogen) atoms. The lowest BCUT2D eigenvalue weighted by molar-refractivity contribution is -0.140. The number of nitrogens with zero attached hydrogens (tertiary/aromatic N) is 1. The number of alkyl halides is 3. The summed E-state index contributed by atoms with van der Waals surface area (Å²) in [7, 11) is 0. The number of carbonyl (C=O) groups is 1. The Labute approximate surface area is 121 Å². The first kappa shape index (κ1) is 17.1. The van der Waals surface area contributed by atoms with E-state index in [1.54, 1.807) is 18.2 Å². The number of halogens is 3. The first-order valence-corrected chi connectivity index (χ1v) is 6.43. The summed E-state index contributed by atoms with van der Waals surface area (Å²) in [6, 6.07) is 6.25. The molecule has 114 valence electrons. The topological polar surface area (TPSA) is 40.5 Å². The summed E-state index contributed by atoms with van der Waals surface area (Å²) in [6.07, 6.45) is -4.20. The lowest BCUT2D eigenvalue weighted by Crippen LogP contribution is -2.39. The molecule has 1 aromatic carbocycles. The number of aliphatic hydroxyl groups is 1. The normalized spacial score (nSPS) is 10.7. The Morgan fingerprint density at radius 3 is 2.57 bits per heavy atom. The van der Waals surface area contributed by atoms with Crippen LogP contribution in [0.25, 0.3) is 0 Å². The van der Waals surface area contributed by atoms with Crippen molar-refractivity contribution in [3.8, 4) is 11.8 Å². The molecule has 0 aliphatic carbocycles. The van der Waals surface area contributed by atoms with E-state index >= 15 is 0 Å². The van der Waals surface area contributed by atoms with E-state index in [-0.39, 0.29) is 25.1 Å². The van der Waals surface area contributed by atoms with Crippen molar-refractivity contribution in [2.75, 3.05) is 19.7 Å². The summed E-state index contributed by atoms with van der Waals surface area (Å²) in [4.78, 5) is 12.9. The SMILES string of the molecule is CCN(CC(F)(F)F)C(=O)c1ccccc1C#CCCO. The van der Waals surface area contributed by atoms with E-state index in [0.717, 1.165) is 4.90 Å². The third-order valence-corrected chi connectivity index (χ3v) is 2.66. The molecule has 3 nitrogen and oxygen atoms in total. The van der Waals surface area contributed by atoms with Gasteiger partial charge < -0.3 is 10.0 Å². The Hall–Kier alpha value is -2.00. The fourth-order valence-electron chi connectivity index (χ4n) is 1.71. The van der Waals surface area contributed by atoms with Crippen molar-refractivity contribution >= 4 is 5.91 Å². The van der Waals surface area contributed by atoms with Crippen molar-refractivity contribution < 1.29 is 23.1 Å². The van der Waals surface area contributed by atoms with Gasteiger partial charge in [-0.15, -0.1) is 0 Å². The minimum absolute atomic E-state index is 0.0449. The predicted octanol–water partition coefficient (Wildman–Crippen LogP) is 2.44. The van der Waals surface area contributed by atoms with Gasteiger partial charge in [0.2, 0.25) is 0 Å². The maximum Gasteiger partial charge on any atom is 0.406 e. The largest absolute Gasteiger partial charge is 0.406 e. The molecule has 6 heteroatoms. The molecule has 1 amide bonds. The Morgan fingerprint density at radius 1 is 1.33 bits per heavy atom. The zero-order chi connectivity index (χ0) is 15.9. The second-order valence-corrected chi connectivity index (χ2v) is 4.26. The molecule has 0 radical (unpaired) electrons. The van der Waals surface area contributed by atoms with Crippen molar-refractivity contribution in [2.24, 2.45) is 0 Å². The Bertz CT molecular complexity index is 544. The highest BCUT2D eigenvalue weighted by molar-refractivity contribution is 5.96. The van der Waals surface area contributed by atoms with Crippen LogP contribution in [0.3, 0.4) is 0 Å². The zero-order valence-electron chi connectivity index (χ0n) is 11.6. The maximum absolute atomic E-state index is 12.5. The average Bonchev–Trinajstić information content (AvgIpc) is 2.44. The molecule has 1 rings (SSSR count). The van der Waals surface area contributed by atoms with Gasteiger partial charge in [-0.3, -0.25) is 4.79 Å². The lowest BCUT2D eigenvalue weighted by Gasteiger charge is -2.22. The number of benzene rings is 1. The number of aliphatic hydroxyl groups excluding tert-OH is 1. The third-order valence-electron chi connectivity index (χ3n) is 2.66. The second kappa shape index (κ2) is 7.70. The first-order valence-electron chi connectivity index (χ1n) is 6.43. The van der Waals surface area contributed by atoms with Crippen LogP contribution in [0.2, 0.25) is 0 Å². The van der Waals surface area contributed by atoms with E-state index in [2.05, 4.69) is 11.8 Å². The molecule has 0 heterocycles. The van der Waals surface area contributed by atoms with Crippen LogP contribution in [0.4, 0.5) is 13.2 Å². The minimum atomic E-state index is -4.44. The number of amides is 1. The van der Waals surface area contributed by atoms with Crippen LogP contribution in [-0.2, 0) is 0 Å². The van der Waals surface area contributed by atoms with Crippen LogP contribution in [0.5, 0.6) is 0 Å². The highest BCUT2D eigenvalue weighted by Gasteiger charge is 2.33. The molecule has 0 fully saturated rings. The van der Waals surface area contributed by atoms with E-state index in [9.17, 15) is 18.0 Å². The van der Waals surface area contributed by atoms with Gasteiger partial charge in [-0.05, 0) is 19.1 Å². The van der Waals surface area contributed by atoms with Crippen LogP contribution in [-0.4, -0.2) is 41.8 Å². The van der Waals surface area contributed by atoms with E-state index in [0.29, 0.717) is 5.56 Å². The highest BCUT2D eigenvalue weighted by atomic mass is 19.4. The molecule has 0 bridgehead atoms. The molecule has 0 aliphatic rings. The number of hydrogen-bond acceptors (Lipinski definition) is 2. The molecule has 1 aromatic rings. The Balaban J connectivity index is 3.04. The van der Waals surface area contributed by atoms with Gasteiger partial charge >= 0.3 is 6.18 Å². The highest BCUT2D eigenvalue weighted by Crippen LogP contribution is 2.19. The van der Waals surface area contributed by atoms with Crippen LogP contribution >= 0.6 is 0 Å². The van der Waals surface area contributed by atoms with Crippen LogP contribution in [0.15, 0.2) is 24.3 Å². The molecule has 0 saturated heterocycles. The molecule has 0 atom stereocenters. The molecule has 0 spiro atoms. The van der Waals surface area contributed by atoms with Crippen molar-refractivity contribution in [1.82, 2.24) is 4.90 Å². The van der Waals surface area contributed by atoms with Crippen LogP contribution < -0.4 is 0 Å². The molecular formula is C15H16F3NO2. The number of carbonyl (C=O) groups excluding carboxylic acids is 1. The third kappa shape index (κ3) is 5.48. The van der Waals surface area contributed by atoms with Gasteiger partial charge in [-0.25, -0.2) is 0 Å². The van der Waals surface area contributed by atoms with E-state index in [1.165, 1.54) is 13.0 Å². The molecule has 1 N–H and O–H groups in total. The van der Waals surface area contributed by atoms with Crippen molar-refractivity contribution in [3.05, 3.63) is 35.4 Å². The fraction of sp³-hybridized carbons (Fsp3) is 0.400. The van der Waals surface area contributed by atoms with Gasteiger partial charge in [0.25, 0.3) is 5.91 Å². The predicted molar refractivity (Wildman–Crippen MR) is 72.7 cm³/mol. The van der Waals surface area contributed by atoms with Crippen molar-refractivity contribution in [2.45, 2.75) is 19.5 Å². The minimum Gasteiger partial charge on any atom is -0.395 e. The number of hydrogen-bond donors (Lipinski definition) is 1. The van der Waals surface area contributed by atoms with Gasteiger partial charge in [0.1, 0.15) is 6.54 Å². The van der Waals surface area contributed by atoms with E-state index in [1.807, 2.05) is 0 Å². The van der Waals surface area contributed by atoms with Crippen molar-refractivity contribution in [1.29, 1.82) is 0 Å². The molecule has 0 saturated carbocycles. The summed E-state index contributed by atoms with van der Waals surface area (Å²) >= 11 is 0. The quantitative estimate of drug-likeness (QED) is 0.868. The summed E-state index contributed by atoms with van der Waals surface area (Å²) in [5, 5.41) is 8.67.